The van der Waals surface area contributed by atoms with Crippen LogP contribution in [0.25, 0.3) is 0 Å². The Morgan fingerprint density at radius 2 is 1.84 bits per heavy atom. The van der Waals surface area contributed by atoms with E-state index in [4.69, 9.17) is 30.9 Å². The molecule has 0 saturated carbocycles. The highest BCUT2D eigenvalue weighted by atomic mass is 35.5. The van der Waals surface area contributed by atoms with Gasteiger partial charge in [-0.2, -0.15) is 0 Å². The first-order valence-electron chi connectivity index (χ1n) is 7.60. The van der Waals surface area contributed by atoms with E-state index in [2.05, 4.69) is 5.32 Å². The number of benzene rings is 2. The molecule has 2 aromatic carbocycles. The molecule has 25 heavy (non-hydrogen) atoms. The topological polar surface area (TPSA) is 77.0 Å². The summed E-state index contributed by atoms with van der Waals surface area (Å²) in [5.41, 5.74) is 1.31. The maximum absolute atomic E-state index is 12.2. The summed E-state index contributed by atoms with van der Waals surface area (Å²) >= 11 is 5.91. The highest BCUT2D eigenvalue weighted by Gasteiger charge is 2.22. The molecule has 0 heterocycles. The highest BCUT2D eigenvalue weighted by Crippen LogP contribution is 2.29. The molecule has 0 radical (unpaired) electrons. The lowest BCUT2D eigenvalue weighted by Gasteiger charge is -2.19. The SMILES string of the molecule is COC(=O)C(Nc1cc(OC)cc(OCCO)c1)c1ccc(Cl)cc1. The molecule has 0 aromatic heterocycles. The van der Waals surface area contributed by atoms with Crippen molar-refractivity contribution < 1.29 is 24.1 Å². The lowest BCUT2D eigenvalue weighted by Crippen LogP contribution is -2.22. The molecule has 1 unspecified atom stereocenters. The Bertz CT molecular complexity index is 705. The van der Waals surface area contributed by atoms with Crippen LogP contribution < -0.4 is 14.8 Å². The summed E-state index contributed by atoms with van der Waals surface area (Å²) in [5.74, 6) is 0.622. The second-order valence-corrected chi connectivity index (χ2v) is 5.56. The van der Waals surface area contributed by atoms with Crippen LogP contribution in [0.1, 0.15) is 11.6 Å². The van der Waals surface area contributed by atoms with Gasteiger partial charge in [-0.1, -0.05) is 23.7 Å². The minimum absolute atomic E-state index is 0.102. The first-order chi connectivity index (χ1) is 12.1. The number of hydrogen-bond donors (Lipinski definition) is 2. The number of aliphatic hydroxyl groups is 1. The van der Waals surface area contributed by atoms with Crippen LogP contribution in [0.4, 0.5) is 5.69 Å². The minimum atomic E-state index is -0.722. The van der Waals surface area contributed by atoms with Crippen LogP contribution in [-0.2, 0) is 9.53 Å². The summed E-state index contributed by atoms with van der Waals surface area (Å²) in [7, 11) is 2.86. The maximum atomic E-state index is 12.2. The zero-order valence-corrected chi connectivity index (χ0v) is 14.7. The first-order valence-corrected chi connectivity index (χ1v) is 7.97. The number of anilines is 1. The van der Waals surface area contributed by atoms with Crippen molar-refractivity contribution in [2.24, 2.45) is 0 Å². The molecule has 0 spiro atoms. The smallest absolute Gasteiger partial charge is 0.332 e. The van der Waals surface area contributed by atoms with E-state index >= 15 is 0 Å². The molecule has 2 rings (SSSR count). The second-order valence-electron chi connectivity index (χ2n) is 5.12. The van der Waals surface area contributed by atoms with E-state index in [0.717, 1.165) is 0 Å². The Hall–Kier alpha value is -2.44. The molecular weight excluding hydrogens is 346 g/mol. The van der Waals surface area contributed by atoms with Gasteiger partial charge in [-0.05, 0) is 17.7 Å². The number of aliphatic hydroxyl groups excluding tert-OH is 1. The number of ether oxygens (including phenoxy) is 3. The third-order valence-corrected chi connectivity index (χ3v) is 3.68. The van der Waals surface area contributed by atoms with Gasteiger partial charge in [0, 0.05) is 28.9 Å². The van der Waals surface area contributed by atoms with Crippen molar-refractivity contribution in [2.75, 3.05) is 32.8 Å². The first kappa shape index (κ1) is 18.9. The number of carbonyl (C=O) groups is 1. The van der Waals surface area contributed by atoms with Crippen molar-refractivity contribution in [1.82, 2.24) is 0 Å². The Balaban J connectivity index is 2.31. The molecule has 0 fully saturated rings. The van der Waals surface area contributed by atoms with Gasteiger partial charge < -0.3 is 24.6 Å². The molecular formula is C18H20ClNO5. The van der Waals surface area contributed by atoms with E-state index in [-0.39, 0.29) is 13.2 Å². The van der Waals surface area contributed by atoms with Crippen molar-refractivity contribution in [3.05, 3.63) is 53.1 Å². The number of rotatable bonds is 8. The summed E-state index contributed by atoms with van der Waals surface area (Å²) in [6.45, 7) is 0.0553. The fraction of sp³-hybridized carbons (Fsp3) is 0.278. The minimum Gasteiger partial charge on any atom is -0.497 e. The molecule has 0 aliphatic carbocycles. The van der Waals surface area contributed by atoms with Crippen molar-refractivity contribution in [2.45, 2.75) is 6.04 Å². The van der Waals surface area contributed by atoms with Gasteiger partial charge in [0.1, 0.15) is 18.1 Å². The van der Waals surface area contributed by atoms with Gasteiger partial charge in [0.15, 0.2) is 6.04 Å². The van der Waals surface area contributed by atoms with Gasteiger partial charge in [-0.15, -0.1) is 0 Å². The van der Waals surface area contributed by atoms with Gasteiger partial charge in [0.25, 0.3) is 0 Å². The van der Waals surface area contributed by atoms with Crippen LogP contribution >= 0.6 is 11.6 Å². The maximum Gasteiger partial charge on any atom is 0.332 e. The lowest BCUT2D eigenvalue weighted by molar-refractivity contribution is -0.141. The number of carbonyl (C=O) groups excluding carboxylic acids is 1. The Labute approximate surface area is 151 Å². The molecule has 0 amide bonds. The van der Waals surface area contributed by atoms with Crippen molar-refractivity contribution in [3.8, 4) is 11.5 Å². The van der Waals surface area contributed by atoms with Crippen LogP contribution in [0.3, 0.4) is 0 Å². The number of nitrogens with one attached hydrogen (secondary N) is 1. The summed E-state index contributed by atoms with van der Waals surface area (Å²) in [5, 5.41) is 12.6. The van der Waals surface area contributed by atoms with Crippen molar-refractivity contribution in [3.63, 3.8) is 0 Å². The summed E-state index contributed by atoms with van der Waals surface area (Å²) in [6.07, 6.45) is 0. The van der Waals surface area contributed by atoms with Crippen LogP contribution in [0.2, 0.25) is 5.02 Å². The number of methoxy groups -OCH3 is 2. The van der Waals surface area contributed by atoms with Crippen LogP contribution in [-0.4, -0.2) is 38.5 Å². The predicted molar refractivity (Wildman–Crippen MR) is 95.4 cm³/mol. The van der Waals surface area contributed by atoms with Crippen LogP contribution in [0.5, 0.6) is 11.5 Å². The molecule has 2 N–H and O–H groups in total. The van der Waals surface area contributed by atoms with Crippen LogP contribution in [0, 0.1) is 0 Å². The van der Waals surface area contributed by atoms with E-state index in [9.17, 15) is 4.79 Å². The molecule has 0 bridgehead atoms. The van der Waals surface area contributed by atoms with E-state index in [1.54, 1.807) is 42.5 Å². The molecule has 0 aliphatic heterocycles. The van der Waals surface area contributed by atoms with E-state index < -0.39 is 12.0 Å². The van der Waals surface area contributed by atoms with E-state index in [0.29, 0.717) is 27.8 Å². The molecule has 0 aliphatic rings. The van der Waals surface area contributed by atoms with Crippen molar-refractivity contribution in [1.29, 1.82) is 0 Å². The van der Waals surface area contributed by atoms with Gasteiger partial charge in [0.2, 0.25) is 0 Å². The highest BCUT2D eigenvalue weighted by molar-refractivity contribution is 6.30. The molecule has 7 heteroatoms. The number of esters is 1. The van der Waals surface area contributed by atoms with Gasteiger partial charge in [-0.3, -0.25) is 0 Å². The third kappa shape index (κ3) is 5.27. The Morgan fingerprint density at radius 1 is 1.16 bits per heavy atom. The largest absolute Gasteiger partial charge is 0.497 e. The van der Waals surface area contributed by atoms with Gasteiger partial charge in [0.05, 0.1) is 20.8 Å². The summed E-state index contributed by atoms with van der Waals surface area (Å²) in [6, 6.07) is 11.3. The lowest BCUT2D eigenvalue weighted by atomic mass is 10.1. The molecule has 6 nitrogen and oxygen atoms in total. The van der Waals surface area contributed by atoms with Crippen molar-refractivity contribution >= 4 is 23.3 Å². The fourth-order valence-electron chi connectivity index (χ4n) is 2.24. The van der Waals surface area contributed by atoms with Gasteiger partial charge in [-0.25, -0.2) is 4.79 Å². The molecule has 2 aromatic rings. The quantitative estimate of drug-likeness (QED) is 0.700. The Morgan fingerprint density at radius 3 is 2.44 bits per heavy atom. The van der Waals surface area contributed by atoms with E-state index in [1.807, 2.05) is 0 Å². The average molecular weight is 366 g/mol. The standard InChI is InChI=1S/C18H20ClNO5/c1-23-15-9-14(10-16(11-15)25-8-7-21)20-17(18(22)24-2)12-3-5-13(19)6-4-12/h3-6,9-11,17,20-21H,7-8H2,1-2H3. The Kier molecular flexibility index (Phi) is 6.91. The number of hydrogen-bond acceptors (Lipinski definition) is 6. The molecule has 1 atom stereocenters. The molecule has 134 valence electrons. The average Bonchev–Trinajstić information content (AvgIpc) is 2.64. The van der Waals surface area contributed by atoms with Gasteiger partial charge >= 0.3 is 5.97 Å². The fourth-order valence-corrected chi connectivity index (χ4v) is 2.36. The zero-order valence-electron chi connectivity index (χ0n) is 14.0. The molecule has 0 saturated heterocycles. The predicted octanol–water partition coefficient (Wildman–Crippen LogP) is 3.05. The number of halogens is 1. The summed E-state index contributed by atoms with van der Waals surface area (Å²) in [4.78, 5) is 12.2. The normalized spacial score (nSPS) is 11.5. The van der Waals surface area contributed by atoms with E-state index in [1.165, 1.54) is 14.2 Å². The van der Waals surface area contributed by atoms with Crippen LogP contribution in [0.15, 0.2) is 42.5 Å². The third-order valence-electron chi connectivity index (χ3n) is 3.43. The second kappa shape index (κ2) is 9.15. The zero-order chi connectivity index (χ0) is 18.2. The monoisotopic (exact) mass is 365 g/mol. The summed E-state index contributed by atoms with van der Waals surface area (Å²) < 4.78 is 15.6.